The average molecular weight is 488 g/mol. The Kier molecular flexibility index (Phi) is 7.05. The van der Waals surface area contributed by atoms with Crippen molar-refractivity contribution in [3.05, 3.63) is 93.5 Å². The van der Waals surface area contributed by atoms with E-state index in [0.717, 1.165) is 5.69 Å². The maximum absolute atomic E-state index is 14.0. The Morgan fingerprint density at radius 3 is 2.61 bits per heavy atom. The molecule has 0 radical (unpaired) electrons. The van der Waals surface area contributed by atoms with Gasteiger partial charge in [0.05, 0.1) is 16.1 Å². The number of nitrogens with zero attached hydrogens (tertiary/aromatic N) is 3. The molecule has 0 spiro atoms. The predicted molar refractivity (Wildman–Crippen MR) is 127 cm³/mol. The Bertz CT molecular complexity index is 1180. The molecule has 5 nitrogen and oxygen atoms in total. The van der Waals surface area contributed by atoms with Crippen molar-refractivity contribution in [3.63, 3.8) is 0 Å². The number of amides is 2. The van der Waals surface area contributed by atoms with Gasteiger partial charge in [-0.2, -0.15) is 0 Å². The molecule has 3 aromatic rings. The molecule has 172 valence electrons. The largest absolute Gasteiger partial charge is 0.348 e. The molecule has 0 aliphatic carbocycles. The topological polar surface area (TPSA) is 45.6 Å². The van der Waals surface area contributed by atoms with Crippen LogP contribution in [0, 0.1) is 5.82 Å². The first-order valence-electron chi connectivity index (χ1n) is 10.8. The molecule has 0 saturated carbocycles. The second-order valence-electron chi connectivity index (χ2n) is 8.03. The summed E-state index contributed by atoms with van der Waals surface area (Å²) in [6.45, 7) is 3.37. The molecule has 0 fully saturated rings. The molecule has 2 aromatic carbocycles. The van der Waals surface area contributed by atoms with Gasteiger partial charge in [0.2, 0.25) is 5.91 Å². The van der Waals surface area contributed by atoms with Gasteiger partial charge in [0.25, 0.3) is 5.91 Å². The Morgan fingerprint density at radius 2 is 1.88 bits per heavy atom. The summed E-state index contributed by atoms with van der Waals surface area (Å²) in [5.74, 6) is -0.837. The number of aromatic nitrogens is 1. The van der Waals surface area contributed by atoms with Crippen molar-refractivity contribution in [1.82, 2.24) is 14.4 Å². The third-order valence-corrected chi connectivity index (χ3v) is 6.54. The first kappa shape index (κ1) is 23.3. The zero-order valence-electron chi connectivity index (χ0n) is 18.2. The predicted octanol–water partition coefficient (Wildman–Crippen LogP) is 5.42. The minimum Gasteiger partial charge on any atom is -0.348 e. The fourth-order valence-electron chi connectivity index (χ4n) is 4.27. The molecule has 1 atom stereocenters. The van der Waals surface area contributed by atoms with Crippen molar-refractivity contribution in [2.75, 3.05) is 19.6 Å². The molecule has 1 aromatic heterocycles. The van der Waals surface area contributed by atoms with Crippen LogP contribution in [-0.2, 0) is 11.3 Å². The summed E-state index contributed by atoms with van der Waals surface area (Å²) >= 11 is 12.1. The summed E-state index contributed by atoms with van der Waals surface area (Å²) in [5, 5.41) is 0.647. The second-order valence-corrected chi connectivity index (χ2v) is 8.84. The highest BCUT2D eigenvalue weighted by molar-refractivity contribution is 6.42. The Labute approximate surface area is 202 Å². The first-order valence-corrected chi connectivity index (χ1v) is 11.6. The number of halogens is 3. The van der Waals surface area contributed by atoms with Crippen LogP contribution in [0.3, 0.4) is 0 Å². The van der Waals surface area contributed by atoms with E-state index >= 15 is 0 Å². The van der Waals surface area contributed by atoms with Gasteiger partial charge >= 0.3 is 0 Å². The van der Waals surface area contributed by atoms with Crippen LogP contribution in [0.1, 0.15) is 41.0 Å². The van der Waals surface area contributed by atoms with Gasteiger partial charge in [-0.1, -0.05) is 42.3 Å². The molecular formula is C25H24Cl2FN3O2. The lowest BCUT2D eigenvalue weighted by molar-refractivity contribution is -0.134. The number of benzene rings is 2. The van der Waals surface area contributed by atoms with E-state index in [4.69, 9.17) is 23.2 Å². The smallest absolute Gasteiger partial charge is 0.254 e. The number of carbonyl (C=O) groups excluding carboxylic acids is 2. The Hall–Kier alpha value is -2.83. The molecule has 1 unspecified atom stereocenters. The van der Waals surface area contributed by atoms with E-state index in [9.17, 15) is 14.0 Å². The van der Waals surface area contributed by atoms with Crippen molar-refractivity contribution in [3.8, 4) is 0 Å². The molecule has 1 aliphatic rings. The highest BCUT2D eigenvalue weighted by atomic mass is 35.5. The fraction of sp³-hybridized carbons (Fsp3) is 0.280. The lowest BCUT2D eigenvalue weighted by Gasteiger charge is -2.38. The van der Waals surface area contributed by atoms with Gasteiger partial charge in [-0.05, 0) is 54.4 Å². The van der Waals surface area contributed by atoms with E-state index in [1.165, 1.54) is 23.1 Å². The third-order valence-electron chi connectivity index (χ3n) is 5.80. The molecule has 1 aliphatic heterocycles. The van der Waals surface area contributed by atoms with Crippen LogP contribution in [0.25, 0.3) is 0 Å². The van der Waals surface area contributed by atoms with Gasteiger partial charge in [0, 0.05) is 37.1 Å². The number of rotatable bonds is 6. The maximum atomic E-state index is 14.0. The van der Waals surface area contributed by atoms with Crippen molar-refractivity contribution in [2.45, 2.75) is 25.9 Å². The standard InChI is InChI=1S/C25H24Cl2FN3O2/c1-2-10-30(25(33)18-8-9-20(26)21(27)15-18)16-23(32)31-13-12-29-11-4-7-22(29)24(31)17-5-3-6-19(28)14-17/h3-9,11,14-15,24H,2,10,12-13,16H2,1H3. The van der Waals surface area contributed by atoms with Crippen molar-refractivity contribution in [2.24, 2.45) is 0 Å². The van der Waals surface area contributed by atoms with E-state index in [0.29, 0.717) is 42.2 Å². The maximum Gasteiger partial charge on any atom is 0.254 e. The van der Waals surface area contributed by atoms with Gasteiger partial charge in [0.15, 0.2) is 0 Å². The van der Waals surface area contributed by atoms with E-state index in [-0.39, 0.29) is 29.2 Å². The summed E-state index contributed by atoms with van der Waals surface area (Å²) in [5.41, 5.74) is 1.98. The lowest BCUT2D eigenvalue weighted by atomic mass is 9.99. The van der Waals surface area contributed by atoms with Gasteiger partial charge in [-0.15, -0.1) is 0 Å². The number of hydrogen-bond acceptors (Lipinski definition) is 2. The van der Waals surface area contributed by atoms with Crippen LogP contribution in [0.15, 0.2) is 60.8 Å². The number of hydrogen-bond donors (Lipinski definition) is 0. The molecule has 0 saturated heterocycles. The minimum atomic E-state index is -0.430. The fourth-order valence-corrected chi connectivity index (χ4v) is 4.57. The zero-order chi connectivity index (χ0) is 23.5. The first-order chi connectivity index (χ1) is 15.9. The number of carbonyl (C=O) groups is 2. The lowest BCUT2D eigenvalue weighted by Crippen LogP contribution is -2.48. The van der Waals surface area contributed by atoms with Gasteiger partial charge < -0.3 is 14.4 Å². The van der Waals surface area contributed by atoms with Crippen molar-refractivity contribution in [1.29, 1.82) is 0 Å². The summed E-state index contributed by atoms with van der Waals surface area (Å²) in [6, 6.07) is 14.4. The highest BCUT2D eigenvalue weighted by Crippen LogP contribution is 2.33. The second kappa shape index (κ2) is 9.98. The number of fused-ring (bicyclic) bond motifs is 1. The van der Waals surface area contributed by atoms with Crippen LogP contribution in [0.2, 0.25) is 10.0 Å². The van der Waals surface area contributed by atoms with Crippen LogP contribution in [-0.4, -0.2) is 45.8 Å². The van der Waals surface area contributed by atoms with Crippen molar-refractivity contribution < 1.29 is 14.0 Å². The average Bonchev–Trinajstić information content (AvgIpc) is 3.28. The zero-order valence-corrected chi connectivity index (χ0v) is 19.7. The Balaban J connectivity index is 1.61. The summed E-state index contributed by atoms with van der Waals surface area (Å²) in [7, 11) is 0. The molecule has 2 amide bonds. The van der Waals surface area contributed by atoms with E-state index in [1.54, 1.807) is 23.1 Å². The summed E-state index contributed by atoms with van der Waals surface area (Å²) in [6.07, 6.45) is 2.65. The molecule has 2 heterocycles. The quantitative estimate of drug-likeness (QED) is 0.466. The van der Waals surface area contributed by atoms with Crippen LogP contribution < -0.4 is 0 Å². The van der Waals surface area contributed by atoms with Crippen molar-refractivity contribution >= 4 is 35.0 Å². The third kappa shape index (κ3) is 4.92. The SMILES string of the molecule is CCCN(CC(=O)N1CCn2cccc2C1c1cccc(F)c1)C(=O)c1ccc(Cl)c(Cl)c1. The molecule has 0 N–H and O–H groups in total. The van der Waals surface area contributed by atoms with Gasteiger partial charge in [0.1, 0.15) is 12.4 Å². The summed E-state index contributed by atoms with van der Waals surface area (Å²) < 4.78 is 16.1. The van der Waals surface area contributed by atoms with E-state index in [2.05, 4.69) is 4.57 Å². The molecule has 0 bridgehead atoms. The van der Waals surface area contributed by atoms with Gasteiger partial charge in [-0.3, -0.25) is 9.59 Å². The highest BCUT2D eigenvalue weighted by Gasteiger charge is 2.33. The summed E-state index contributed by atoms with van der Waals surface area (Å²) in [4.78, 5) is 29.9. The van der Waals surface area contributed by atoms with Crippen LogP contribution in [0.4, 0.5) is 4.39 Å². The Morgan fingerprint density at radius 1 is 1.06 bits per heavy atom. The molecule has 4 rings (SSSR count). The minimum absolute atomic E-state index is 0.0839. The molecular weight excluding hydrogens is 464 g/mol. The normalized spacial score (nSPS) is 15.3. The molecule has 33 heavy (non-hydrogen) atoms. The van der Waals surface area contributed by atoms with Crippen LogP contribution >= 0.6 is 23.2 Å². The van der Waals surface area contributed by atoms with E-state index in [1.807, 2.05) is 31.3 Å². The van der Waals surface area contributed by atoms with Gasteiger partial charge in [-0.25, -0.2) is 4.39 Å². The van der Waals surface area contributed by atoms with Crippen LogP contribution in [0.5, 0.6) is 0 Å². The van der Waals surface area contributed by atoms with E-state index < -0.39 is 6.04 Å². The molecule has 8 heteroatoms. The monoisotopic (exact) mass is 487 g/mol.